The van der Waals surface area contributed by atoms with Gasteiger partial charge in [-0.3, -0.25) is 0 Å². The van der Waals surface area contributed by atoms with Gasteiger partial charge in [-0.15, -0.1) is 0 Å². The van der Waals surface area contributed by atoms with Crippen LogP contribution in [-0.4, -0.2) is 13.1 Å². The molecule has 0 atom stereocenters. The Morgan fingerprint density at radius 2 is 1.70 bits per heavy atom. The fourth-order valence-corrected chi connectivity index (χ4v) is 2.26. The van der Waals surface area contributed by atoms with Crippen LogP contribution >= 0.6 is 31.9 Å². The lowest BCUT2D eigenvalue weighted by Gasteiger charge is -2.11. The van der Waals surface area contributed by atoms with Crippen LogP contribution in [0.1, 0.15) is 15.9 Å². The SMILES string of the molecule is COC(=O)c1cc(Br)ccc1OCc1ccc(Br)cc1. The van der Waals surface area contributed by atoms with Gasteiger partial charge in [0.05, 0.1) is 7.11 Å². The lowest BCUT2D eigenvalue weighted by Crippen LogP contribution is -2.06. The smallest absolute Gasteiger partial charge is 0.341 e. The van der Waals surface area contributed by atoms with Crippen molar-refractivity contribution in [1.29, 1.82) is 0 Å². The van der Waals surface area contributed by atoms with E-state index in [2.05, 4.69) is 31.9 Å². The maximum absolute atomic E-state index is 11.7. The lowest BCUT2D eigenvalue weighted by molar-refractivity contribution is 0.0595. The minimum Gasteiger partial charge on any atom is -0.488 e. The molecule has 3 nitrogen and oxygen atoms in total. The number of carbonyl (C=O) groups is 1. The molecule has 5 heteroatoms. The predicted molar refractivity (Wildman–Crippen MR) is 84.0 cm³/mol. The Balaban J connectivity index is 2.16. The van der Waals surface area contributed by atoms with Crippen LogP contribution in [0.2, 0.25) is 0 Å². The van der Waals surface area contributed by atoms with Gasteiger partial charge in [0.15, 0.2) is 0 Å². The van der Waals surface area contributed by atoms with Gasteiger partial charge in [-0.1, -0.05) is 44.0 Å². The summed E-state index contributed by atoms with van der Waals surface area (Å²) >= 11 is 6.71. The molecule has 104 valence electrons. The number of hydrogen-bond acceptors (Lipinski definition) is 3. The van der Waals surface area contributed by atoms with Gasteiger partial charge in [-0.05, 0) is 35.9 Å². The third-order valence-electron chi connectivity index (χ3n) is 2.65. The molecule has 2 aromatic rings. The molecule has 0 aromatic heterocycles. The molecule has 0 unspecified atom stereocenters. The highest BCUT2D eigenvalue weighted by atomic mass is 79.9. The van der Waals surface area contributed by atoms with E-state index in [9.17, 15) is 4.79 Å². The minimum atomic E-state index is -0.419. The molecule has 0 radical (unpaired) electrons. The van der Waals surface area contributed by atoms with Crippen molar-refractivity contribution in [2.24, 2.45) is 0 Å². The summed E-state index contributed by atoms with van der Waals surface area (Å²) in [6.07, 6.45) is 0. The van der Waals surface area contributed by atoms with E-state index in [1.807, 2.05) is 30.3 Å². The monoisotopic (exact) mass is 398 g/mol. The van der Waals surface area contributed by atoms with Crippen molar-refractivity contribution >= 4 is 37.8 Å². The van der Waals surface area contributed by atoms with Crippen LogP contribution < -0.4 is 4.74 Å². The fraction of sp³-hybridized carbons (Fsp3) is 0.133. The molecule has 0 saturated carbocycles. The molecule has 0 amide bonds. The number of rotatable bonds is 4. The molecule has 0 bridgehead atoms. The highest BCUT2D eigenvalue weighted by Gasteiger charge is 2.13. The number of halogens is 2. The molecule has 0 fully saturated rings. The zero-order valence-corrected chi connectivity index (χ0v) is 13.9. The average Bonchev–Trinajstić information content (AvgIpc) is 2.46. The zero-order chi connectivity index (χ0) is 14.5. The minimum absolute atomic E-state index is 0.388. The van der Waals surface area contributed by atoms with Crippen molar-refractivity contribution in [1.82, 2.24) is 0 Å². The van der Waals surface area contributed by atoms with Crippen LogP contribution in [0.4, 0.5) is 0 Å². The molecule has 2 aromatic carbocycles. The van der Waals surface area contributed by atoms with Crippen LogP contribution in [0.3, 0.4) is 0 Å². The van der Waals surface area contributed by atoms with Crippen molar-refractivity contribution in [3.8, 4) is 5.75 Å². The normalized spacial score (nSPS) is 10.2. The van der Waals surface area contributed by atoms with E-state index in [0.717, 1.165) is 14.5 Å². The van der Waals surface area contributed by atoms with E-state index in [1.165, 1.54) is 7.11 Å². The molecule has 2 rings (SSSR count). The number of hydrogen-bond donors (Lipinski definition) is 0. The van der Waals surface area contributed by atoms with Gasteiger partial charge in [-0.25, -0.2) is 4.79 Å². The molecule has 0 heterocycles. The van der Waals surface area contributed by atoms with Crippen molar-refractivity contribution in [2.75, 3.05) is 7.11 Å². The number of methoxy groups -OCH3 is 1. The molecule has 20 heavy (non-hydrogen) atoms. The van der Waals surface area contributed by atoms with E-state index in [4.69, 9.17) is 9.47 Å². The fourth-order valence-electron chi connectivity index (χ4n) is 1.64. The summed E-state index contributed by atoms with van der Waals surface area (Å²) in [5, 5.41) is 0. The van der Waals surface area contributed by atoms with E-state index in [1.54, 1.807) is 12.1 Å². The van der Waals surface area contributed by atoms with Crippen LogP contribution in [0, 0.1) is 0 Å². The highest BCUT2D eigenvalue weighted by molar-refractivity contribution is 9.10. The molecular formula is C15H12Br2O3. The molecule has 0 N–H and O–H groups in total. The van der Waals surface area contributed by atoms with E-state index in [0.29, 0.717) is 17.9 Å². The number of ether oxygens (including phenoxy) is 2. The molecule has 0 saturated heterocycles. The summed E-state index contributed by atoms with van der Waals surface area (Å²) in [7, 11) is 1.35. The largest absolute Gasteiger partial charge is 0.488 e. The summed E-state index contributed by atoms with van der Waals surface area (Å²) < 4.78 is 12.3. The second kappa shape index (κ2) is 6.90. The summed E-state index contributed by atoms with van der Waals surface area (Å²) in [5.74, 6) is 0.0834. The summed E-state index contributed by atoms with van der Waals surface area (Å²) in [6.45, 7) is 0.388. The van der Waals surface area contributed by atoms with Crippen LogP contribution in [0.5, 0.6) is 5.75 Å². The Labute approximate surface area is 134 Å². The number of benzene rings is 2. The highest BCUT2D eigenvalue weighted by Crippen LogP contribution is 2.25. The standard InChI is InChI=1S/C15H12Br2O3/c1-19-15(18)13-8-12(17)6-7-14(13)20-9-10-2-4-11(16)5-3-10/h2-8H,9H2,1H3. The first-order valence-corrected chi connectivity index (χ1v) is 7.44. The third kappa shape index (κ3) is 3.84. The van der Waals surface area contributed by atoms with Crippen molar-refractivity contribution < 1.29 is 14.3 Å². The van der Waals surface area contributed by atoms with Crippen LogP contribution in [0.15, 0.2) is 51.4 Å². The second-order valence-corrected chi connectivity index (χ2v) is 5.88. The Morgan fingerprint density at radius 3 is 2.35 bits per heavy atom. The Hall–Kier alpha value is -1.33. The third-order valence-corrected chi connectivity index (χ3v) is 3.68. The molecular weight excluding hydrogens is 388 g/mol. The van der Waals surface area contributed by atoms with E-state index < -0.39 is 5.97 Å². The van der Waals surface area contributed by atoms with Gasteiger partial charge in [0.1, 0.15) is 17.9 Å². The summed E-state index contributed by atoms with van der Waals surface area (Å²) in [4.78, 5) is 11.7. The molecule has 0 spiro atoms. The molecule has 0 aliphatic heterocycles. The maximum Gasteiger partial charge on any atom is 0.341 e. The van der Waals surface area contributed by atoms with Gasteiger partial charge in [-0.2, -0.15) is 0 Å². The Morgan fingerprint density at radius 1 is 1.05 bits per heavy atom. The van der Waals surface area contributed by atoms with Crippen molar-refractivity contribution in [3.63, 3.8) is 0 Å². The van der Waals surface area contributed by atoms with Gasteiger partial charge >= 0.3 is 5.97 Å². The van der Waals surface area contributed by atoms with Crippen LogP contribution in [-0.2, 0) is 11.3 Å². The quantitative estimate of drug-likeness (QED) is 0.706. The Bertz CT molecular complexity index is 609. The zero-order valence-electron chi connectivity index (χ0n) is 10.7. The maximum atomic E-state index is 11.7. The topological polar surface area (TPSA) is 35.5 Å². The Kier molecular flexibility index (Phi) is 5.20. The lowest BCUT2D eigenvalue weighted by atomic mass is 10.2. The van der Waals surface area contributed by atoms with Gasteiger partial charge < -0.3 is 9.47 Å². The van der Waals surface area contributed by atoms with E-state index in [-0.39, 0.29) is 0 Å². The van der Waals surface area contributed by atoms with Crippen molar-refractivity contribution in [3.05, 3.63) is 62.5 Å². The number of esters is 1. The van der Waals surface area contributed by atoms with Crippen molar-refractivity contribution in [2.45, 2.75) is 6.61 Å². The first-order valence-electron chi connectivity index (χ1n) is 5.85. The first-order chi connectivity index (χ1) is 9.60. The average molecular weight is 400 g/mol. The molecule has 0 aliphatic carbocycles. The van der Waals surface area contributed by atoms with Gasteiger partial charge in [0, 0.05) is 8.95 Å². The van der Waals surface area contributed by atoms with Gasteiger partial charge in [0.25, 0.3) is 0 Å². The first kappa shape index (κ1) is 15.1. The van der Waals surface area contributed by atoms with Gasteiger partial charge in [0.2, 0.25) is 0 Å². The van der Waals surface area contributed by atoms with E-state index >= 15 is 0 Å². The summed E-state index contributed by atoms with van der Waals surface area (Å²) in [5.41, 5.74) is 1.42. The molecule has 0 aliphatic rings. The number of carbonyl (C=O) groups excluding carboxylic acids is 1. The second-order valence-electron chi connectivity index (χ2n) is 4.05. The predicted octanol–water partition coefficient (Wildman–Crippen LogP) is 4.58. The summed E-state index contributed by atoms with van der Waals surface area (Å²) in [6, 6.07) is 13.1. The van der Waals surface area contributed by atoms with Crippen LogP contribution in [0.25, 0.3) is 0 Å².